The standard InChI is InChI=1S/C40H38F6N4O6/c1-20-9-25(49-18-27(19-49)55-3)11-33-36(20)23-8-21(2)37(43)29(10-23)32(14-35(52)53)47-39(54)38(28-12-26(56-33)4-5-31(28)42)50-15-22(6-7-48-16-24(41)17-48)30(13-34(50)51)40(44,45)46/h4-5,8-13,15,24,27,32,38H,6-7,14,16-19H2,1-3H3,(H,47,54)(H,52,53)/t32-,38+/m0/s1. The van der Waals surface area contributed by atoms with Crippen molar-refractivity contribution in [2.75, 3.05) is 44.7 Å². The Bertz CT molecular complexity index is 2270. The summed E-state index contributed by atoms with van der Waals surface area (Å²) >= 11 is 0. The highest BCUT2D eigenvalue weighted by Crippen LogP contribution is 2.43. The maximum absolute atomic E-state index is 16.1. The minimum atomic E-state index is -4.99. The van der Waals surface area contributed by atoms with Gasteiger partial charge in [0.05, 0.1) is 24.1 Å². The molecule has 2 atom stereocenters. The van der Waals surface area contributed by atoms with Crippen LogP contribution >= 0.6 is 0 Å². The summed E-state index contributed by atoms with van der Waals surface area (Å²) in [6.45, 7) is 4.47. The lowest BCUT2D eigenvalue weighted by molar-refractivity contribution is -0.139. The highest BCUT2D eigenvalue weighted by molar-refractivity contribution is 5.86. The number of pyridine rings is 1. The van der Waals surface area contributed by atoms with Gasteiger partial charge in [-0.25, -0.2) is 13.2 Å². The van der Waals surface area contributed by atoms with Crippen LogP contribution in [0.2, 0.25) is 0 Å². The third-order valence-corrected chi connectivity index (χ3v) is 10.6. The minimum Gasteiger partial charge on any atom is -0.481 e. The number of halogens is 6. The first-order chi connectivity index (χ1) is 26.5. The van der Waals surface area contributed by atoms with Gasteiger partial charge in [-0.3, -0.25) is 23.9 Å². The van der Waals surface area contributed by atoms with E-state index < -0.39 is 76.6 Å². The second-order valence-corrected chi connectivity index (χ2v) is 14.5. The number of anilines is 1. The summed E-state index contributed by atoms with van der Waals surface area (Å²) in [5, 5.41) is 12.4. The maximum Gasteiger partial charge on any atom is 0.416 e. The number of carbonyl (C=O) groups excluding carboxylic acids is 1. The number of nitrogens with one attached hydrogen (secondary N) is 1. The lowest BCUT2D eigenvalue weighted by atomic mass is 9.91. The van der Waals surface area contributed by atoms with E-state index in [4.69, 9.17) is 9.47 Å². The lowest BCUT2D eigenvalue weighted by Gasteiger charge is -2.40. The highest BCUT2D eigenvalue weighted by atomic mass is 19.4. The number of likely N-dealkylation sites (tertiary alicyclic amines) is 1. The molecule has 296 valence electrons. The van der Waals surface area contributed by atoms with Crippen LogP contribution < -0.4 is 20.5 Å². The number of aromatic nitrogens is 1. The molecule has 1 amide bonds. The number of hydrogen-bond acceptors (Lipinski definition) is 7. The Morgan fingerprint density at radius 2 is 1.71 bits per heavy atom. The van der Waals surface area contributed by atoms with Crippen molar-refractivity contribution >= 4 is 17.6 Å². The van der Waals surface area contributed by atoms with E-state index in [-0.39, 0.29) is 54.8 Å². The monoisotopic (exact) mass is 784 g/mol. The Kier molecular flexibility index (Phi) is 10.4. The molecule has 0 spiro atoms. The van der Waals surface area contributed by atoms with Crippen molar-refractivity contribution in [2.24, 2.45) is 0 Å². The summed E-state index contributed by atoms with van der Waals surface area (Å²) < 4.78 is 101. The summed E-state index contributed by atoms with van der Waals surface area (Å²) in [5.74, 6) is -4.27. The first kappa shape index (κ1) is 38.9. The fraction of sp³-hybridized carbons (Fsp3) is 0.375. The summed E-state index contributed by atoms with van der Waals surface area (Å²) in [5.41, 5.74) is -1.29. The van der Waals surface area contributed by atoms with Gasteiger partial charge in [-0.05, 0) is 78.9 Å². The van der Waals surface area contributed by atoms with Crippen molar-refractivity contribution < 1.29 is 50.5 Å². The number of rotatable bonds is 8. The molecule has 7 rings (SSSR count). The number of carboxylic acid groups (broad SMARTS) is 1. The van der Waals surface area contributed by atoms with Crippen LogP contribution in [0.15, 0.2) is 59.5 Å². The number of aryl methyl sites for hydroxylation is 2. The molecule has 10 nitrogen and oxygen atoms in total. The van der Waals surface area contributed by atoms with E-state index in [0.717, 1.165) is 24.0 Å². The predicted molar refractivity (Wildman–Crippen MR) is 193 cm³/mol. The molecular weight excluding hydrogens is 746 g/mol. The van der Waals surface area contributed by atoms with Gasteiger partial charge in [0.15, 0.2) is 0 Å². The SMILES string of the molecule is COC1CN(c2cc(C)c3c(c2)Oc2ccc(F)c(c2)[C@@H](n2cc(CCN4CC(F)C4)c(C(F)(F)F)cc2=O)C(=O)N[C@@H](CC(=O)O)c2cc-3cc(C)c2F)C1. The number of methoxy groups -OCH3 is 1. The number of carboxylic acids is 1. The van der Waals surface area contributed by atoms with E-state index in [0.29, 0.717) is 40.4 Å². The van der Waals surface area contributed by atoms with E-state index in [1.54, 1.807) is 24.1 Å². The molecule has 0 aliphatic carbocycles. The second-order valence-electron chi connectivity index (χ2n) is 14.5. The van der Waals surface area contributed by atoms with Crippen LogP contribution in [0.1, 0.15) is 51.9 Å². The quantitative estimate of drug-likeness (QED) is 0.195. The Labute approximate surface area is 317 Å². The first-order valence-corrected chi connectivity index (χ1v) is 17.9. The summed E-state index contributed by atoms with van der Waals surface area (Å²) in [6.07, 6.45) is -6.45. The van der Waals surface area contributed by atoms with Crippen LogP contribution in [0, 0.1) is 25.5 Å². The third-order valence-electron chi connectivity index (χ3n) is 10.6. The zero-order valence-electron chi connectivity index (χ0n) is 30.6. The maximum atomic E-state index is 16.1. The number of alkyl halides is 4. The fourth-order valence-corrected chi connectivity index (χ4v) is 7.59. The minimum absolute atomic E-state index is 0.00314. The highest BCUT2D eigenvalue weighted by Gasteiger charge is 2.38. The topological polar surface area (TPSA) is 113 Å². The Balaban J connectivity index is 1.44. The molecular formula is C40H38F6N4O6. The average Bonchev–Trinajstić information content (AvgIpc) is 3.08. The largest absolute Gasteiger partial charge is 0.481 e. The molecule has 2 saturated heterocycles. The Hall–Kier alpha value is -5.35. The van der Waals surface area contributed by atoms with Crippen LogP contribution in [0.5, 0.6) is 11.5 Å². The first-order valence-electron chi connectivity index (χ1n) is 17.9. The fourth-order valence-electron chi connectivity index (χ4n) is 7.59. The number of hydrogen-bond donors (Lipinski definition) is 2. The number of aliphatic carboxylic acids is 1. The molecule has 3 aliphatic heterocycles. The van der Waals surface area contributed by atoms with Crippen LogP contribution in [0.4, 0.5) is 32.0 Å². The molecule has 2 fully saturated rings. The number of benzene rings is 3. The molecule has 3 aromatic carbocycles. The molecule has 0 saturated carbocycles. The van der Waals surface area contributed by atoms with Gasteiger partial charge in [-0.15, -0.1) is 0 Å². The smallest absolute Gasteiger partial charge is 0.416 e. The van der Waals surface area contributed by atoms with Crippen molar-refractivity contribution in [2.45, 2.75) is 57.2 Å². The second kappa shape index (κ2) is 15.0. The van der Waals surface area contributed by atoms with Gasteiger partial charge in [0.2, 0.25) is 5.91 Å². The molecule has 0 radical (unpaired) electrons. The molecule has 4 aromatic rings. The van der Waals surface area contributed by atoms with Gasteiger partial charge in [0.25, 0.3) is 5.56 Å². The molecule has 0 unspecified atom stereocenters. The summed E-state index contributed by atoms with van der Waals surface area (Å²) in [6, 6.07) is 6.67. The van der Waals surface area contributed by atoms with Crippen molar-refractivity contribution in [1.82, 2.24) is 14.8 Å². The zero-order valence-corrected chi connectivity index (χ0v) is 30.6. The van der Waals surface area contributed by atoms with E-state index in [1.807, 2.05) is 17.9 Å². The van der Waals surface area contributed by atoms with Crippen LogP contribution in [0.25, 0.3) is 11.1 Å². The van der Waals surface area contributed by atoms with E-state index >= 15 is 8.78 Å². The van der Waals surface area contributed by atoms with Gasteiger partial charge in [0, 0.05) is 80.5 Å². The molecule has 2 N–H and O–H groups in total. The number of carbonyl (C=O) groups is 2. The predicted octanol–water partition coefficient (Wildman–Crippen LogP) is 6.49. The number of fused-ring (bicyclic) bond motifs is 6. The van der Waals surface area contributed by atoms with Crippen molar-refractivity contribution in [3.8, 4) is 22.6 Å². The average molecular weight is 785 g/mol. The van der Waals surface area contributed by atoms with Crippen molar-refractivity contribution in [1.29, 1.82) is 0 Å². The van der Waals surface area contributed by atoms with Gasteiger partial charge in [0.1, 0.15) is 35.3 Å². The lowest BCUT2D eigenvalue weighted by Crippen LogP contribution is -2.51. The molecule has 1 aromatic heterocycles. The van der Waals surface area contributed by atoms with Gasteiger partial charge in [-0.2, -0.15) is 13.2 Å². The van der Waals surface area contributed by atoms with Gasteiger partial charge < -0.3 is 24.8 Å². The van der Waals surface area contributed by atoms with Crippen molar-refractivity contribution in [3.05, 3.63) is 110 Å². The number of ether oxygens (including phenoxy) is 2. The van der Waals surface area contributed by atoms with Gasteiger partial charge in [-0.1, -0.05) is 0 Å². The molecule has 16 heteroatoms. The normalized spacial score (nSPS) is 19.1. The van der Waals surface area contributed by atoms with E-state index in [2.05, 4.69) is 5.32 Å². The number of nitrogens with zero attached hydrogens (tertiary/aromatic N) is 3. The third kappa shape index (κ3) is 7.59. The van der Waals surface area contributed by atoms with Crippen LogP contribution in [-0.2, 0) is 26.9 Å². The summed E-state index contributed by atoms with van der Waals surface area (Å²) in [4.78, 5) is 44.0. The molecule has 4 bridgehead atoms. The van der Waals surface area contributed by atoms with Crippen molar-refractivity contribution in [3.63, 3.8) is 0 Å². The Morgan fingerprint density at radius 3 is 2.38 bits per heavy atom. The summed E-state index contributed by atoms with van der Waals surface area (Å²) in [7, 11) is 1.61. The molecule has 3 aliphatic rings. The van der Waals surface area contributed by atoms with Crippen LogP contribution in [-0.4, -0.2) is 78.6 Å². The zero-order chi connectivity index (χ0) is 40.2. The van der Waals surface area contributed by atoms with E-state index in [1.165, 1.54) is 19.1 Å². The van der Waals surface area contributed by atoms with Gasteiger partial charge >= 0.3 is 12.1 Å². The molecule has 56 heavy (non-hydrogen) atoms. The molecule has 4 heterocycles. The van der Waals surface area contributed by atoms with E-state index in [9.17, 15) is 37.1 Å². The number of amides is 1. The van der Waals surface area contributed by atoms with Crippen LogP contribution in [0.3, 0.4) is 0 Å². The Morgan fingerprint density at radius 1 is 0.982 bits per heavy atom.